The first-order chi connectivity index (χ1) is 23.3. The summed E-state index contributed by atoms with van der Waals surface area (Å²) in [7, 11) is -2.91. The number of hydrogen-bond donors (Lipinski definition) is 0. The zero-order valence-corrected chi connectivity index (χ0v) is 32.4. The highest BCUT2D eigenvalue weighted by molar-refractivity contribution is 6.98. The van der Waals surface area contributed by atoms with Crippen molar-refractivity contribution >= 4 is 49.6 Å². The van der Waals surface area contributed by atoms with Gasteiger partial charge in [-0.15, -0.1) is 0 Å². The summed E-state index contributed by atoms with van der Waals surface area (Å²) in [4.78, 5) is 0. The summed E-state index contributed by atoms with van der Waals surface area (Å²) >= 11 is 0. The molecule has 0 N–H and O–H groups in total. The molecule has 0 aliphatic carbocycles. The third-order valence-electron chi connectivity index (χ3n) is 12.8. The molecule has 4 aliphatic heterocycles. The van der Waals surface area contributed by atoms with Gasteiger partial charge in [-0.1, -0.05) is 155 Å². The van der Waals surface area contributed by atoms with E-state index in [2.05, 4.69) is 145 Å². The topological polar surface area (TPSA) is 18.5 Å². The molecule has 0 bridgehead atoms. The predicted molar refractivity (Wildman–Crippen MR) is 214 cm³/mol. The van der Waals surface area contributed by atoms with E-state index in [0.717, 1.165) is 28.5 Å². The minimum absolute atomic E-state index is 0.0272. The summed E-state index contributed by atoms with van der Waals surface area (Å²) in [5.41, 5.74) is 11.8. The molecule has 0 fully saturated rings. The number of fused-ring (bicyclic) bond motifs is 6. The van der Waals surface area contributed by atoms with Gasteiger partial charge < -0.3 is 9.47 Å². The van der Waals surface area contributed by atoms with Gasteiger partial charge in [0.25, 0.3) is 6.71 Å². The third-order valence-corrected chi connectivity index (χ3v) is 19.6. The van der Waals surface area contributed by atoms with Crippen LogP contribution in [0.2, 0.25) is 38.3 Å². The van der Waals surface area contributed by atoms with Gasteiger partial charge in [-0.05, 0) is 69.0 Å². The Bertz CT molecular complexity index is 2060. The third kappa shape index (κ3) is 4.64. The molecule has 0 aromatic heterocycles. The van der Waals surface area contributed by atoms with Gasteiger partial charge in [0.2, 0.25) is 0 Å². The van der Waals surface area contributed by atoms with Crippen LogP contribution >= 0.6 is 0 Å². The molecule has 9 rings (SSSR count). The summed E-state index contributed by atoms with van der Waals surface area (Å²) in [6.07, 6.45) is 2.51. The van der Waals surface area contributed by atoms with E-state index in [1.165, 1.54) is 69.2 Å². The van der Waals surface area contributed by atoms with E-state index in [9.17, 15) is 0 Å². The predicted octanol–water partition coefficient (Wildman–Crippen LogP) is 8.94. The summed E-state index contributed by atoms with van der Waals surface area (Å²) in [6, 6.07) is 37.1. The number of benzene rings is 5. The molecule has 5 aromatic carbocycles. The van der Waals surface area contributed by atoms with E-state index in [0.29, 0.717) is 0 Å². The summed E-state index contributed by atoms with van der Waals surface area (Å²) in [5.74, 6) is 3.74. The maximum atomic E-state index is 6.91. The lowest BCUT2D eigenvalue weighted by atomic mass is 9.34. The van der Waals surface area contributed by atoms with Crippen molar-refractivity contribution in [3.63, 3.8) is 0 Å². The largest absolute Gasteiger partial charge is 0.458 e. The fourth-order valence-electron chi connectivity index (χ4n) is 9.44. The average molecular weight is 675 g/mol. The Morgan fingerprint density at radius 3 is 1.43 bits per heavy atom. The molecule has 5 heteroatoms. The van der Waals surface area contributed by atoms with Gasteiger partial charge in [-0.3, -0.25) is 0 Å². The van der Waals surface area contributed by atoms with Gasteiger partial charge in [0.15, 0.2) is 0 Å². The second kappa shape index (κ2) is 10.4. The molecular weight excluding hydrogens is 627 g/mol. The van der Waals surface area contributed by atoms with Crippen LogP contribution in [0.5, 0.6) is 23.0 Å². The first-order valence-corrected chi connectivity index (χ1v) is 24.7. The van der Waals surface area contributed by atoms with E-state index in [1.807, 2.05) is 0 Å². The van der Waals surface area contributed by atoms with Gasteiger partial charge in [-0.25, -0.2) is 0 Å². The van der Waals surface area contributed by atoms with Crippen molar-refractivity contribution in [2.24, 2.45) is 0 Å². The lowest BCUT2D eigenvalue weighted by Crippen LogP contribution is -2.57. The molecule has 4 heterocycles. The van der Waals surface area contributed by atoms with Gasteiger partial charge in [0.05, 0.1) is 16.1 Å². The summed E-state index contributed by atoms with van der Waals surface area (Å²) in [6.45, 7) is 19.9. The van der Waals surface area contributed by atoms with Crippen molar-refractivity contribution < 1.29 is 9.47 Å². The Hall–Kier alpha value is -3.80. The maximum Gasteiger partial charge on any atom is 0.260 e. The molecule has 4 aliphatic rings. The highest BCUT2D eigenvalue weighted by Crippen LogP contribution is 2.45. The second-order valence-corrected chi connectivity index (χ2v) is 27.4. The molecule has 0 atom stereocenters. The maximum absolute atomic E-state index is 6.91. The van der Waals surface area contributed by atoms with E-state index >= 15 is 0 Å². The zero-order valence-electron chi connectivity index (χ0n) is 30.4. The molecule has 0 saturated heterocycles. The van der Waals surface area contributed by atoms with Crippen molar-refractivity contribution in [2.75, 3.05) is 0 Å². The van der Waals surface area contributed by atoms with Crippen molar-refractivity contribution in [3.05, 3.63) is 102 Å². The second-order valence-electron chi connectivity index (χ2n) is 17.8. The molecule has 0 amide bonds. The fraction of sp³-hybridized carbons (Fsp3) is 0.318. The SMILES string of the molecule is CC1(C)CC[Si](C)(C)c2ccc(-c3cccc4c3Oc3cccc5c3B4c3cccc(-c4ccc6c(c4)C(C)(C)CC[Si]6(C)C)c3O5)cc21. The number of para-hydroxylation sites is 2. The minimum Gasteiger partial charge on any atom is -0.458 e. The van der Waals surface area contributed by atoms with Gasteiger partial charge in [0, 0.05) is 16.6 Å². The first kappa shape index (κ1) is 31.2. The van der Waals surface area contributed by atoms with Crippen molar-refractivity contribution in [1.29, 1.82) is 0 Å². The number of hydrogen-bond acceptors (Lipinski definition) is 2. The van der Waals surface area contributed by atoms with Crippen molar-refractivity contribution in [2.45, 2.75) is 89.6 Å². The quantitative estimate of drug-likeness (QED) is 0.171. The van der Waals surface area contributed by atoms with E-state index in [1.54, 1.807) is 10.4 Å². The lowest BCUT2D eigenvalue weighted by Gasteiger charge is -2.41. The Balaban J connectivity index is 1.21. The van der Waals surface area contributed by atoms with E-state index in [4.69, 9.17) is 9.47 Å². The normalized spacial score (nSPS) is 19.6. The molecule has 0 radical (unpaired) electrons. The first-order valence-electron chi connectivity index (χ1n) is 18.3. The standard InChI is InChI=1S/C44H47BO2Si2/c1-43(2)22-24-48(5,6)38-20-18-28(26-32(38)43)30-12-9-14-34-41(30)46-36-16-11-17-37-40(36)45(34)35-15-10-13-31(42(35)47-37)29-19-21-39-33(27-29)44(3,4)23-25-49(39,7)8/h9-21,26-27H,22-25H2,1-8H3. The number of rotatable bonds is 2. The molecule has 5 aromatic rings. The van der Waals surface area contributed by atoms with Gasteiger partial charge >= 0.3 is 0 Å². The van der Waals surface area contributed by atoms with Crippen LogP contribution in [0.4, 0.5) is 0 Å². The van der Waals surface area contributed by atoms with Crippen LogP contribution in [-0.2, 0) is 10.8 Å². The van der Waals surface area contributed by atoms with Crippen LogP contribution in [0, 0.1) is 0 Å². The Kier molecular flexibility index (Phi) is 6.60. The molecule has 2 nitrogen and oxygen atoms in total. The molecule has 246 valence electrons. The van der Waals surface area contributed by atoms with E-state index in [-0.39, 0.29) is 17.5 Å². The Morgan fingerprint density at radius 1 is 0.551 bits per heavy atom. The molecule has 0 saturated carbocycles. The lowest BCUT2D eigenvalue weighted by molar-refractivity contribution is 0.466. The van der Waals surface area contributed by atoms with Crippen LogP contribution in [-0.4, -0.2) is 22.9 Å². The highest BCUT2D eigenvalue weighted by atomic mass is 28.3. The summed E-state index contributed by atoms with van der Waals surface area (Å²) in [5, 5.41) is 3.24. The van der Waals surface area contributed by atoms with Crippen LogP contribution in [0.1, 0.15) is 51.7 Å². The van der Waals surface area contributed by atoms with Crippen LogP contribution in [0.3, 0.4) is 0 Å². The average Bonchev–Trinajstić information content (AvgIpc) is 3.08. The molecular formula is C44H47BO2Si2. The smallest absolute Gasteiger partial charge is 0.260 e. The van der Waals surface area contributed by atoms with Crippen LogP contribution < -0.4 is 36.2 Å². The molecule has 49 heavy (non-hydrogen) atoms. The Morgan fingerprint density at radius 2 is 0.980 bits per heavy atom. The minimum atomic E-state index is -1.46. The summed E-state index contributed by atoms with van der Waals surface area (Å²) < 4.78 is 13.8. The zero-order chi connectivity index (χ0) is 34.1. The monoisotopic (exact) mass is 674 g/mol. The van der Waals surface area contributed by atoms with Crippen molar-refractivity contribution in [3.8, 4) is 45.3 Å². The molecule has 0 unspecified atom stereocenters. The fourth-order valence-corrected chi connectivity index (χ4v) is 15.8. The van der Waals surface area contributed by atoms with Crippen molar-refractivity contribution in [1.82, 2.24) is 0 Å². The van der Waals surface area contributed by atoms with Gasteiger partial charge in [-0.2, -0.15) is 0 Å². The van der Waals surface area contributed by atoms with E-state index < -0.39 is 16.1 Å². The molecule has 0 spiro atoms. The Labute approximate surface area is 295 Å². The van der Waals surface area contributed by atoms with Crippen LogP contribution in [0.15, 0.2) is 91.0 Å². The van der Waals surface area contributed by atoms with Crippen LogP contribution in [0.25, 0.3) is 22.3 Å². The van der Waals surface area contributed by atoms with Gasteiger partial charge in [0.1, 0.15) is 23.0 Å². The number of ether oxygens (including phenoxy) is 2. The highest BCUT2D eigenvalue weighted by Gasteiger charge is 2.43.